The third kappa shape index (κ3) is 3.20. The summed E-state index contributed by atoms with van der Waals surface area (Å²) in [6.45, 7) is 2.38. The molecule has 2 rings (SSSR count). The van der Waals surface area contributed by atoms with Crippen LogP contribution in [0, 0.1) is 11.8 Å². The second kappa shape index (κ2) is 5.52. The third-order valence-electron chi connectivity index (χ3n) is 3.86. The molecular weight excluding hydrogens is 218 g/mol. The number of esters is 1. The lowest BCUT2D eigenvalue weighted by atomic mass is 9.94. The van der Waals surface area contributed by atoms with E-state index in [1.807, 2.05) is 6.92 Å². The molecule has 0 aromatic heterocycles. The van der Waals surface area contributed by atoms with Crippen LogP contribution in [0.4, 0.5) is 0 Å². The highest BCUT2D eigenvalue weighted by Gasteiger charge is 2.30. The molecule has 1 aliphatic heterocycles. The lowest BCUT2D eigenvalue weighted by Gasteiger charge is -2.17. The molecule has 1 aliphatic carbocycles. The van der Waals surface area contributed by atoms with E-state index in [-0.39, 0.29) is 17.8 Å². The summed E-state index contributed by atoms with van der Waals surface area (Å²) in [5.74, 6) is 0.421. The van der Waals surface area contributed by atoms with Crippen molar-refractivity contribution in [2.75, 3.05) is 6.61 Å². The van der Waals surface area contributed by atoms with Crippen LogP contribution in [-0.2, 0) is 14.3 Å². The van der Waals surface area contributed by atoms with Crippen molar-refractivity contribution < 1.29 is 14.3 Å². The van der Waals surface area contributed by atoms with Gasteiger partial charge in [0.1, 0.15) is 6.04 Å². The molecule has 1 heterocycles. The fraction of sp³-hybridized carbons (Fsp3) is 0.846. The van der Waals surface area contributed by atoms with Crippen molar-refractivity contribution in [2.45, 2.75) is 51.5 Å². The van der Waals surface area contributed by atoms with Gasteiger partial charge in [-0.1, -0.05) is 32.6 Å². The number of nitrogens with one attached hydrogen (secondary N) is 1. The molecule has 1 saturated carbocycles. The van der Waals surface area contributed by atoms with E-state index in [1.165, 1.54) is 25.7 Å². The molecule has 1 amide bonds. The summed E-state index contributed by atoms with van der Waals surface area (Å²) in [6, 6.07) is -0.409. The molecule has 0 bridgehead atoms. The average Bonchev–Trinajstić information content (AvgIpc) is 2.91. The first-order valence-corrected chi connectivity index (χ1v) is 6.64. The van der Waals surface area contributed by atoms with E-state index in [0.717, 1.165) is 6.42 Å². The molecule has 4 nitrogen and oxygen atoms in total. The van der Waals surface area contributed by atoms with E-state index in [2.05, 4.69) is 5.32 Å². The maximum Gasteiger partial charge on any atom is 0.328 e. The lowest BCUT2D eigenvalue weighted by molar-refractivity contribution is -0.141. The van der Waals surface area contributed by atoms with Crippen molar-refractivity contribution in [1.82, 2.24) is 5.32 Å². The van der Waals surface area contributed by atoms with Crippen molar-refractivity contribution in [2.24, 2.45) is 11.8 Å². The van der Waals surface area contributed by atoms with Gasteiger partial charge in [-0.3, -0.25) is 4.79 Å². The summed E-state index contributed by atoms with van der Waals surface area (Å²) in [4.78, 5) is 23.2. The highest BCUT2D eigenvalue weighted by Crippen LogP contribution is 2.30. The molecule has 0 radical (unpaired) electrons. The van der Waals surface area contributed by atoms with Crippen molar-refractivity contribution in [3.63, 3.8) is 0 Å². The standard InChI is InChI=1S/C13H21NO3/c1-9(8-10-4-2-3-5-10)12(15)14-11-6-7-17-13(11)16/h9-11H,2-8H2,1H3,(H,14,15)/t9?,11-/m0/s1. The van der Waals surface area contributed by atoms with E-state index in [0.29, 0.717) is 18.9 Å². The summed E-state index contributed by atoms with van der Waals surface area (Å²) in [5, 5.41) is 2.79. The van der Waals surface area contributed by atoms with E-state index in [1.54, 1.807) is 0 Å². The monoisotopic (exact) mass is 239 g/mol. The molecule has 0 spiro atoms. The molecule has 1 N–H and O–H groups in total. The number of cyclic esters (lactones) is 1. The highest BCUT2D eigenvalue weighted by atomic mass is 16.5. The molecule has 2 fully saturated rings. The molecule has 1 saturated heterocycles. The minimum absolute atomic E-state index is 0.000694. The minimum Gasteiger partial charge on any atom is -0.464 e. The summed E-state index contributed by atoms with van der Waals surface area (Å²) >= 11 is 0. The van der Waals surface area contributed by atoms with Gasteiger partial charge in [-0.15, -0.1) is 0 Å². The van der Waals surface area contributed by atoms with Crippen LogP contribution in [0.2, 0.25) is 0 Å². The number of rotatable bonds is 4. The Bertz CT molecular complexity index is 297. The number of ether oxygens (including phenoxy) is 1. The van der Waals surface area contributed by atoms with Gasteiger partial charge in [0.15, 0.2) is 0 Å². The summed E-state index contributed by atoms with van der Waals surface area (Å²) in [6.07, 6.45) is 6.67. The van der Waals surface area contributed by atoms with Crippen LogP contribution >= 0.6 is 0 Å². The van der Waals surface area contributed by atoms with Gasteiger partial charge in [-0.05, 0) is 12.3 Å². The van der Waals surface area contributed by atoms with Gasteiger partial charge < -0.3 is 10.1 Å². The van der Waals surface area contributed by atoms with E-state index >= 15 is 0 Å². The second-order valence-electron chi connectivity index (χ2n) is 5.30. The third-order valence-corrected chi connectivity index (χ3v) is 3.86. The van der Waals surface area contributed by atoms with Crippen LogP contribution in [0.25, 0.3) is 0 Å². The maximum absolute atomic E-state index is 11.9. The van der Waals surface area contributed by atoms with Gasteiger partial charge in [-0.25, -0.2) is 4.79 Å². The second-order valence-corrected chi connectivity index (χ2v) is 5.30. The van der Waals surface area contributed by atoms with Crippen LogP contribution in [0.1, 0.15) is 45.4 Å². The molecule has 96 valence electrons. The largest absolute Gasteiger partial charge is 0.464 e. The minimum atomic E-state index is -0.409. The number of carbonyl (C=O) groups is 2. The van der Waals surface area contributed by atoms with E-state index in [4.69, 9.17) is 4.74 Å². The molecule has 17 heavy (non-hydrogen) atoms. The SMILES string of the molecule is CC(CC1CCCC1)C(=O)N[C@H]1CCOC1=O. The first-order chi connectivity index (χ1) is 8.16. The van der Waals surface area contributed by atoms with Crippen molar-refractivity contribution in [3.8, 4) is 0 Å². The average molecular weight is 239 g/mol. The smallest absolute Gasteiger partial charge is 0.328 e. The number of hydrogen-bond acceptors (Lipinski definition) is 3. The molecule has 2 atom stereocenters. The molecule has 0 aromatic rings. The molecular formula is C13H21NO3. The van der Waals surface area contributed by atoms with Gasteiger partial charge in [0.05, 0.1) is 6.61 Å². The Morgan fingerprint density at radius 2 is 2.12 bits per heavy atom. The van der Waals surface area contributed by atoms with Crippen molar-refractivity contribution >= 4 is 11.9 Å². The van der Waals surface area contributed by atoms with Crippen molar-refractivity contribution in [1.29, 1.82) is 0 Å². The Hall–Kier alpha value is -1.06. The summed E-state index contributed by atoms with van der Waals surface area (Å²) in [5.41, 5.74) is 0. The van der Waals surface area contributed by atoms with Gasteiger partial charge >= 0.3 is 5.97 Å². The first kappa shape index (κ1) is 12.4. The first-order valence-electron chi connectivity index (χ1n) is 6.64. The Kier molecular flexibility index (Phi) is 4.02. The van der Waals surface area contributed by atoms with Crippen LogP contribution in [0.3, 0.4) is 0 Å². The molecule has 0 aromatic carbocycles. The summed E-state index contributed by atoms with van der Waals surface area (Å²) in [7, 11) is 0. The lowest BCUT2D eigenvalue weighted by Crippen LogP contribution is -2.41. The topological polar surface area (TPSA) is 55.4 Å². The van der Waals surface area contributed by atoms with Gasteiger partial charge in [0.2, 0.25) is 5.91 Å². The van der Waals surface area contributed by atoms with E-state index in [9.17, 15) is 9.59 Å². The van der Waals surface area contributed by atoms with Crippen molar-refractivity contribution in [3.05, 3.63) is 0 Å². The number of amides is 1. The van der Waals surface area contributed by atoms with Crippen LogP contribution in [-0.4, -0.2) is 24.5 Å². The molecule has 1 unspecified atom stereocenters. The Morgan fingerprint density at radius 1 is 1.41 bits per heavy atom. The zero-order chi connectivity index (χ0) is 12.3. The van der Waals surface area contributed by atoms with Crippen LogP contribution < -0.4 is 5.32 Å². The van der Waals surface area contributed by atoms with E-state index < -0.39 is 6.04 Å². The van der Waals surface area contributed by atoms with Crippen LogP contribution in [0.15, 0.2) is 0 Å². The van der Waals surface area contributed by atoms with Gasteiger partial charge in [-0.2, -0.15) is 0 Å². The van der Waals surface area contributed by atoms with Gasteiger partial charge in [0, 0.05) is 12.3 Å². The zero-order valence-electron chi connectivity index (χ0n) is 10.4. The fourth-order valence-electron chi connectivity index (χ4n) is 2.79. The number of hydrogen-bond donors (Lipinski definition) is 1. The summed E-state index contributed by atoms with van der Waals surface area (Å²) < 4.78 is 4.83. The van der Waals surface area contributed by atoms with Crippen LogP contribution in [0.5, 0.6) is 0 Å². The molecule has 2 aliphatic rings. The predicted octanol–water partition coefficient (Wildman–Crippen LogP) is 1.63. The maximum atomic E-state index is 11.9. The predicted molar refractivity (Wildman–Crippen MR) is 63.2 cm³/mol. The molecule has 4 heteroatoms. The Balaban J connectivity index is 1.76. The fourth-order valence-corrected chi connectivity index (χ4v) is 2.79. The Morgan fingerprint density at radius 3 is 2.71 bits per heavy atom. The Labute approximate surface area is 102 Å². The highest BCUT2D eigenvalue weighted by molar-refractivity contribution is 5.86. The zero-order valence-corrected chi connectivity index (χ0v) is 10.4. The van der Waals surface area contributed by atoms with Gasteiger partial charge in [0.25, 0.3) is 0 Å². The number of carbonyl (C=O) groups excluding carboxylic acids is 2. The normalized spacial score (nSPS) is 26.9. The quantitative estimate of drug-likeness (QED) is 0.759.